The van der Waals surface area contributed by atoms with E-state index in [1.807, 2.05) is 12.1 Å². The summed E-state index contributed by atoms with van der Waals surface area (Å²) in [4.78, 5) is 15.4. The summed E-state index contributed by atoms with van der Waals surface area (Å²) in [5.41, 5.74) is 3.12. The number of benzene rings is 2. The van der Waals surface area contributed by atoms with Crippen molar-refractivity contribution in [2.24, 2.45) is 10.8 Å². The normalized spacial score (nSPS) is 25.9. The first-order valence-corrected chi connectivity index (χ1v) is 10.6. The molecule has 0 radical (unpaired) electrons. The molecule has 148 valence electrons. The van der Waals surface area contributed by atoms with E-state index >= 15 is 0 Å². The van der Waals surface area contributed by atoms with Gasteiger partial charge in [0.25, 0.3) is 5.91 Å². The predicted molar refractivity (Wildman–Crippen MR) is 113 cm³/mol. The molecular formula is C25H33N2O+. The molecule has 1 aliphatic carbocycles. The molecule has 1 saturated heterocycles. The Balaban J connectivity index is 1.48. The third-order valence-electron chi connectivity index (χ3n) is 6.58. The molecular weight excluding hydrogens is 344 g/mol. The second-order valence-electron chi connectivity index (χ2n) is 9.97. The van der Waals surface area contributed by atoms with Crippen LogP contribution >= 0.6 is 0 Å². The molecule has 28 heavy (non-hydrogen) atoms. The maximum Gasteiger partial charge on any atom is 0.277 e. The van der Waals surface area contributed by atoms with Gasteiger partial charge in [0.05, 0.1) is 0 Å². The third kappa shape index (κ3) is 4.00. The summed E-state index contributed by atoms with van der Waals surface area (Å²) in [5, 5.41) is 2.21. The summed E-state index contributed by atoms with van der Waals surface area (Å²) in [6.07, 6.45) is 3.53. The molecule has 4 rings (SSSR count). The van der Waals surface area contributed by atoms with Gasteiger partial charge in [-0.1, -0.05) is 81.4 Å². The second-order valence-corrected chi connectivity index (χ2v) is 9.97. The number of nitrogens with zero attached hydrogens (tertiary/aromatic N) is 1. The van der Waals surface area contributed by atoms with E-state index in [-0.39, 0.29) is 6.04 Å². The van der Waals surface area contributed by atoms with Gasteiger partial charge in [0, 0.05) is 23.7 Å². The van der Waals surface area contributed by atoms with Gasteiger partial charge >= 0.3 is 0 Å². The molecule has 1 heterocycles. The maximum absolute atomic E-state index is 13.2. The van der Waals surface area contributed by atoms with E-state index in [1.54, 1.807) is 0 Å². The van der Waals surface area contributed by atoms with Gasteiger partial charge in [-0.2, -0.15) is 0 Å². The molecule has 0 unspecified atom stereocenters. The van der Waals surface area contributed by atoms with E-state index in [9.17, 15) is 4.79 Å². The molecule has 2 atom stereocenters. The van der Waals surface area contributed by atoms with Crippen molar-refractivity contribution in [1.29, 1.82) is 0 Å². The summed E-state index contributed by atoms with van der Waals surface area (Å²) in [5.74, 6) is 0.295. The molecule has 0 spiro atoms. The van der Waals surface area contributed by atoms with Crippen LogP contribution in [0.5, 0.6) is 0 Å². The molecule has 2 aromatic rings. The first-order valence-electron chi connectivity index (χ1n) is 10.6. The molecule has 3 heteroatoms. The first-order chi connectivity index (χ1) is 13.4. The monoisotopic (exact) mass is 377 g/mol. The van der Waals surface area contributed by atoms with E-state index in [0.29, 0.717) is 29.3 Å². The Morgan fingerprint density at radius 3 is 2.14 bits per heavy atom. The van der Waals surface area contributed by atoms with Crippen molar-refractivity contribution < 1.29 is 10.1 Å². The minimum Gasteiger partial charge on any atom is -0.334 e. The topological polar surface area (TPSA) is 36.9 Å². The molecule has 2 aliphatic rings. The lowest BCUT2D eigenvalue weighted by Crippen LogP contribution is -2.87. The van der Waals surface area contributed by atoms with Crippen molar-refractivity contribution in [3.8, 4) is 0 Å². The highest BCUT2D eigenvalue weighted by Gasteiger charge is 2.51. The second kappa shape index (κ2) is 7.36. The van der Waals surface area contributed by atoms with Crippen LogP contribution in [0.1, 0.15) is 57.2 Å². The summed E-state index contributed by atoms with van der Waals surface area (Å²) >= 11 is 0. The zero-order valence-corrected chi connectivity index (χ0v) is 17.4. The van der Waals surface area contributed by atoms with Crippen LogP contribution in [0.3, 0.4) is 0 Å². The van der Waals surface area contributed by atoms with Crippen LogP contribution in [0.2, 0.25) is 0 Å². The van der Waals surface area contributed by atoms with Crippen LogP contribution in [0.25, 0.3) is 0 Å². The van der Waals surface area contributed by atoms with Crippen LogP contribution in [0, 0.1) is 10.8 Å². The number of likely N-dealkylation sites (tertiary alicyclic amines) is 1. The highest BCUT2D eigenvalue weighted by molar-refractivity contribution is 5.78. The zero-order valence-electron chi connectivity index (χ0n) is 17.4. The fraction of sp³-hybridized carbons (Fsp3) is 0.480. The van der Waals surface area contributed by atoms with Gasteiger partial charge in [-0.15, -0.1) is 0 Å². The number of nitrogens with two attached hydrogens (primary N) is 1. The van der Waals surface area contributed by atoms with Crippen LogP contribution in [0.15, 0.2) is 60.7 Å². The number of fused-ring (bicyclic) bond motifs is 2. The van der Waals surface area contributed by atoms with E-state index < -0.39 is 0 Å². The lowest BCUT2D eigenvalue weighted by molar-refractivity contribution is -0.677. The largest absolute Gasteiger partial charge is 0.334 e. The predicted octanol–water partition coefficient (Wildman–Crippen LogP) is 3.77. The van der Waals surface area contributed by atoms with Gasteiger partial charge in [0.1, 0.15) is 6.04 Å². The fourth-order valence-corrected chi connectivity index (χ4v) is 5.87. The zero-order chi connectivity index (χ0) is 19.8. The SMILES string of the molecule is CC1(C)C[C@@H]2C[C@@](C)(CN2C(=O)C[NH2+]C(c2ccccc2)c2ccccc2)C1. The maximum atomic E-state index is 13.2. The molecule has 1 saturated carbocycles. The van der Waals surface area contributed by atoms with E-state index in [2.05, 4.69) is 79.5 Å². The average molecular weight is 378 g/mol. The van der Waals surface area contributed by atoms with Gasteiger partial charge < -0.3 is 10.2 Å². The van der Waals surface area contributed by atoms with Crippen LogP contribution in [-0.2, 0) is 4.79 Å². The van der Waals surface area contributed by atoms with E-state index in [1.165, 1.54) is 24.0 Å². The van der Waals surface area contributed by atoms with Crippen LogP contribution in [0.4, 0.5) is 0 Å². The Labute approximate surface area is 169 Å². The van der Waals surface area contributed by atoms with Crippen LogP contribution < -0.4 is 5.32 Å². The number of carbonyl (C=O) groups is 1. The molecule has 2 bridgehead atoms. The van der Waals surface area contributed by atoms with Gasteiger partial charge in [-0.25, -0.2) is 0 Å². The van der Waals surface area contributed by atoms with Crippen molar-refractivity contribution in [2.75, 3.05) is 13.1 Å². The quantitative estimate of drug-likeness (QED) is 0.846. The summed E-state index contributed by atoms with van der Waals surface area (Å²) in [6.45, 7) is 8.52. The summed E-state index contributed by atoms with van der Waals surface area (Å²) < 4.78 is 0. The number of hydrogen-bond donors (Lipinski definition) is 1. The summed E-state index contributed by atoms with van der Waals surface area (Å²) in [6, 6.07) is 21.6. The average Bonchev–Trinajstić information content (AvgIpc) is 2.92. The smallest absolute Gasteiger partial charge is 0.277 e. The molecule has 1 aliphatic heterocycles. The molecule has 2 fully saturated rings. The Kier molecular flexibility index (Phi) is 5.05. The fourth-order valence-electron chi connectivity index (χ4n) is 5.87. The van der Waals surface area contributed by atoms with Crippen molar-refractivity contribution in [3.05, 3.63) is 71.8 Å². The third-order valence-corrected chi connectivity index (χ3v) is 6.58. The van der Waals surface area contributed by atoms with Crippen molar-refractivity contribution in [1.82, 2.24) is 4.90 Å². The Hall–Kier alpha value is -2.13. The highest BCUT2D eigenvalue weighted by atomic mass is 16.2. The number of quaternary nitrogens is 1. The van der Waals surface area contributed by atoms with Crippen molar-refractivity contribution >= 4 is 5.91 Å². The number of carbonyl (C=O) groups excluding carboxylic acids is 1. The van der Waals surface area contributed by atoms with Crippen LogP contribution in [-0.4, -0.2) is 29.9 Å². The van der Waals surface area contributed by atoms with Gasteiger partial charge in [-0.3, -0.25) is 4.79 Å². The molecule has 2 aromatic carbocycles. The standard InChI is InChI=1S/C25H32N2O/c1-24(2)14-21-15-25(3,17-24)18-27(21)22(28)16-26-23(19-10-6-4-7-11-19)20-12-8-5-9-13-20/h4-13,21,23,26H,14-18H2,1-3H3/p+1/t21-,25-/m1/s1. The number of rotatable bonds is 5. The van der Waals surface area contributed by atoms with Crippen molar-refractivity contribution in [3.63, 3.8) is 0 Å². The van der Waals surface area contributed by atoms with Crippen molar-refractivity contribution in [2.45, 2.75) is 52.1 Å². The minimum atomic E-state index is 0.153. The Morgan fingerprint density at radius 1 is 1.00 bits per heavy atom. The van der Waals surface area contributed by atoms with Gasteiger partial charge in [0.2, 0.25) is 0 Å². The number of hydrogen-bond acceptors (Lipinski definition) is 1. The molecule has 0 aromatic heterocycles. The highest BCUT2D eigenvalue weighted by Crippen LogP contribution is 2.52. The van der Waals surface area contributed by atoms with Gasteiger partial charge in [-0.05, 0) is 30.1 Å². The molecule has 2 N–H and O–H groups in total. The molecule has 3 nitrogen and oxygen atoms in total. The summed E-state index contributed by atoms with van der Waals surface area (Å²) in [7, 11) is 0. The Morgan fingerprint density at radius 2 is 1.57 bits per heavy atom. The molecule has 1 amide bonds. The van der Waals surface area contributed by atoms with E-state index in [4.69, 9.17) is 0 Å². The van der Waals surface area contributed by atoms with Gasteiger partial charge in [0.15, 0.2) is 6.54 Å². The number of amides is 1. The Bertz CT molecular complexity index is 777. The lowest BCUT2D eigenvalue weighted by Gasteiger charge is -2.39. The lowest BCUT2D eigenvalue weighted by atomic mass is 9.65. The van der Waals surface area contributed by atoms with E-state index in [0.717, 1.165) is 13.0 Å². The first kappa shape index (κ1) is 19.2. The minimum absolute atomic E-state index is 0.153.